The van der Waals surface area contributed by atoms with Crippen LogP contribution < -0.4 is 0 Å². The van der Waals surface area contributed by atoms with Crippen molar-refractivity contribution >= 4 is 76.2 Å². The highest BCUT2D eigenvalue weighted by atomic mass is 15.0. The van der Waals surface area contributed by atoms with E-state index in [9.17, 15) is 0 Å². The first-order chi connectivity index (χ1) is 27.8. The van der Waals surface area contributed by atoms with E-state index < -0.39 is 0 Å². The van der Waals surface area contributed by atoms with E-state index in [-0.39, 0.29) is 0 Å². The lowest BCUT2D eigenvalue weighted by atomic mass is 9.99. The SMILES string of the molecule is c1ccc2c(c1)c1ccccc1c1nc(-c3ccc(-c4cc(-n5c6ccccc6c6ccccc65)cc(-n5c6ccccc6c6ccccc65)c4)cc3)cnc21. The molecule has 260 valence electrons. The average molecular weight is 713 g/mol. The first kappa shape index (κ1) is 30.9. The molecule has 0 fully saturated rings. The second kappa shape index (κ2) is 12.0. The molecule has 0 radical (unpaired) electrons. The van der Waals surface area contributed by atoms with Crippen LogP contribution in [0.4, 0.5) is 0 Å². The standard InChI is InChI=1S/C52H32N4/c1-3-19-44-38(13-1)39-14-2-4-20-45(39)52-51(44)53-32-46(54-52)34-27-25-33(26-28-34)35-29-36(55-47-21-9-5-15-40(47)41-16-6-10-22-48(41)55)31-37(30-35)56-49-23-11-7-17-42(49)43-18-8-12-24-50(43)56/h1-32H. The predicted octanol–water partition coefficient (Wildman–Crippen LogP) is 13.5. The van der Waals surface area contributed by atoms with Crippen LogP contribution in [0, 0.1) is 0 Å². The molecule has 3 aromatic heterocycles. The number of para-hydroxylation sites is 4. The van der Waals surface area contributed by atoms with E-state index in [0.29, 0.717) is 0 Å². The van der Waals surface area contributed by atoms with Gasteiger partial charge >= 0.3 is 0 Å². The van der Waals surface area contributed by atoms with Gasteiger partial charge in [-0.1, -0.05) is 146 Å². The van der Waals surface area contributed by atoms with Gasteiger partial charge in [0.2, 0.25) is 0 Å². The third-order valence-corrected chi connectivity index (χ3v) is 11.5. The Morgan fingerprint density at radius 1 is 0.304 bits per heavy atom. The first-order valence-corrected chi connectivity index (χ1v) is 19.1. The second-order valence-corrected chi connectivity index (χ2v) is 14.6. The molecule has 4 heteroatoms. The molecule has 56 heavy (non-hydrogen) atoms. The molecule has 12 rings (SSSR count). The number of hydrogen-bond acceptors (Lipinski definition) is 2. The zero-order valence-electron chi connectivity index (χ0n) is 30.3. The highest BCUT2D eigenvalue weighted by Gasteiger charge is 2.18. The van der Waals surface area contributed by atoms with Gasteiger partial charge in [-0.2, -0.15) is 0 Å². The molecule has 0 aliphatic carbocycles. The van der Waals surface area contributed by atoms with E-state index in [0.717, 1.165) is 55.6 Å². The fraction of sp³-hybridized carbons (Fsp3) is 0. The maximum absolute atomic E-state index is 5.27. The van der Waals surface area contributed by atoms with Gasteiger partial charge < -0.3 is 9.13 Å². The molecule has 0 unspecified atom stereocenters. The van der Waals surface area contributed by atoms with Gasteiger partial charge in [0.05, 0.1) is 45.0 Å². The molecular weight excluding hydrogens is 681 g/mol. The molecule has 9 aromatic carbocycles. The molecule has 4 nitrogen and oxygen atoms in total. The van der Waals surface area contributed by atoms with Gasteiger partial charge in [-0.3, -0.25) is 4.98 Å². The summed E-state index contributed by atoms with van der Waals surface area (Å²) in [6.45, 7) is 0. The third-order valence-electron chi connectivity index (χ3n) is 11.5. The first-order valence-electron chi connectivity index (χ1n) is 19.1. The highest BCUT2D eigenvalue weighted by molar-refractivity contribution is 6.23. The topological polar surface area (TPSA) is 35.6 Å². The summed E-state index contributed by atoms with van der Waals surface area (Å²) in [6.07, 6.45) is 1.92. The zero-order chi connectivity index (χ0) is 36.7. The molecule has 3 heterocycles. The Balaban J connectivity index is 1.06. The monoisotopic (exact) mass is 712 g/mol. The molecule has 0 saturated carbocycles. The highest BCUT2D eigenvalue weighted by Crippen LogP contribution is 2.39. The molecule has 12 aromatic rings. The van der Waals surface area contributed by atoms with Crippen LogP contribution >= 0.6 is 0 Å². The van der Waals surface area contributed by atoms with Crippen molar-refractivity contribution in [1.29, 1.82) is 0 Å². The molecular formula is C52H32N4. The minimum atomic E-state index is 0.856. The number of benzene rings is 9. The predicted molar refractivity (Wildman–Crippen MR) is 234 cm³/mol. The molecule has 0 saturated heterocycles. The number of rotatable bonds is 4. The Bertz CT molecular complexity index is 3260. The van der Waals surface area contributed by atoms with Crippen LogP contribution in [0.2, 0.25) is 0 Å². The zero-order valence-corrected chi connectivity index (χ0v) is 30.3. The molecule has 0 aliphatic heterocycles. The summed E-state index contributed by atoms with van der Waals surface area (Å²) < 4.78 is 4.83. The van der Waals surface area contributed by atoms with Gasteiger partial charge in [-0.15, -0.1) is 0 Å². The van der Waals surface area contributed by atoms with Crippen LogP contribution in [0.5, 0.6) is 0 Å². The molecule has 0 atom stereocenters. The van der Waals surface area contributed by atoms with E-state index in [1.807, 2.05) is 6.20 Å². The van der Waals surface area contributed by atoms with Crippen molar-refractivity contribution < 1.29 is 0 Å². The second-order valence-electron chi connectivity index (χ2n) is 14.6. The summed E-state index contributed by atoms with van der Waals surface area (Å²) in [5.41, 5.74) is 13.0. The van der Waals surface area contributed by atoms with E-state index in [4.69, 9.17) is 9.97 Å². The van der Waals surface area contributed by atoms with Crippen LogP contribution in [0.3, 0.4) is 0 Å². The molecule has 0 amide bonds. The van der Waals surface area contributed by atoms with Gasteiger partial charge in [-0.05, 0) is 64.4 Å². The van der Waals surface area contributed by atoms with Crippen molar-refractivity contribution in [3.63, 3.8) is 0 Å². The minimum absolute atomic E-state index is 0.856. The smallest absolute Gasteiger partial charge is 0.0979 e. The quantitative estimate of drug-likeness (QED) is 0.170. The Kier molecular flexibility index (Phi) is 6.60. The Morgan fingerprint density at radius 3 is 1.14 bits per heavy atom. The molecule has 0 spiro atoms. The van der Waals surface area contributed by atoms with Crippen LogP contribution in [0.25, 0.3) is 110 Å². The number of hydrogen-bond donors (Lipinski definition) is 0. The normalized spacial score (nSPS) is 11.9. The third kappa shape index (κ3) is 4.53. The lowest BCUT2D eigenvalue weighted by molar-refractivity contribution is 1.13. The molecule has 0 bridgehead atoms. The number of aromatic nitrogens is 4. The maximum Gasteiger partial charge on any atom is 0.0979 e. The fourth-order valence-electron chi connectivity index (χ4n) is 9.02. The minimum Gasteiger partial charge on any atom is -0.309 e. The number of nitrogens with zero attached hydrogens (tertiary/aromatic N) is 4. The van der Waals surface area contributed by atoms with Crippen LogP contribution in [-0.4, -0.2) is 19.1 Å². The van der Waals surface area contributed by atoms with Crippen molar-refractivity contribution in [1.82, 2.24) is 19.1 Å². The summed E-state index contributed by atoms with van der Waals surface area (Å²) in [5, 5.41) is 9.61. The van der Waals surface area contributed by atoms with E-state index in [1.165, 1.54) is 54.4 Å². The van der Waals surface area contributed by atoms with Gasteiger partial charge in [0.25, 0.3) is 0 Å². The van der Waals surface area contributed by atoms with Crippen molar-refractivity contribution in [2.75, 3.05) is 0 Å². The van der Waals surface area contributed by atoms with Crippen LogP contribution in [0.1, 0.15) is 0 Å². The van der Waals surface area contributed by atoms with Crippen LogP contribution in [-0.2, 0) is 0 Å². The van der Waals surface area contributed by atoms with Gasteiger partial charge in [-0.25, -0.2) is 4.98 Å². The van der Waals surface area contributed by atoms with Crippen molar-refractivity contribution in [3.05, 3.63) is 194 Å². The van der Waals surface area contributed by atoms with Gasteiger partial charge in [0.15, 0.2) is 0 Å². The average Bonchev–Trinajstić information content (AvgIpc) is 3.79. The summed E-state index contributed by atoms with van der Waals surface area (Å²) in [6, 6.07) is 67.7. The largest absolute Gasteiger partial charge is 0.309 e. The summed E-state index contributed by atoms with van der Waals surface area (Å²) in [4.78, 5) is 10.3. The van der Waals surface area contributed by atoms with Gasteiger partial charge in [0.1, 0.15) is 0 Å². The maximum atomic E-state index is 5.27. The molecule has 0 N–H and O–H groups in total. The Labute approximate surface area is 322 Å². The van der Waals surface area contributed by atoms with E-state index in [2.05, 4.69) is 197 Å². The molecule has 0 aliphatic rings. The van der Waals surface area contributed by atoms with Gasteiger partial charge in [0, 0.05) is 49.3 Å². The summed E-state index contributed by atoms with van der Waals surface area (Å²) in [5.74, 6) is 0. The van der Waals surface area contributed by atoms with Crippen molar-refractivity contribution in [2.45, 2.75) is 0 Å². The fourth-order valence-corrected chi connectivity index (χ4v) is 9.02. The van der Waals surface area contributed by atoms with E-state index >= 15 is 0 Å². The number of fused-ring (bicyclic) bond motifs is 12. The van der Waals surface area contributed by atoms with Crippen molar-refractivity contribution in [3.8, 4) is 33.8 Å². The lowest BCUT2D eigenvalue weighted by Crippen LogP contribution is -2.00. The Hall–Kier alpha value is -7.56. The van der Waals surface area contributed by atoms with Crippen LogP contribution in [0.15, 0.2) is 194 Å². The van der Waals surface area contributed by atoms with Crippen molar-refractivity contribution in [2.24, 2.45) is 0 Å². The summed E-state index contributed by atoms with van der Waals surface area (Å²) in [7, 11) is 0. The lowest BCUT2D eigenvalue weighted by Gasteiger charge is -2.16. The summed E-state index contributed by atoms with van der Waals surface area (Å²) >= 11 is 0. The van der Waals surface area contributed by atoms with E-state index in [1.54, 1.807) is 0 Å². The Morgan fingerprint density at radius 2 is 0.679 bits per heavy atom.